The molecule has 2 N–H and O–H groups in total. The first-order valence-corrected chi connectivity index (χ1v) is 6.20. The van der Waals surface area contributed by atoms with Crippen molar-refractivity contribution in [1.82, 2.24) is 4.90 Å². The number of nitrogens with two attached hydrogens (primary N) is 1. The highest BCUT2D eigenvalue weighted by atomic mass is 15.1. The molecule has 2 fully saturated rings. The highest BCUT2D eigenvalue weighted by Crippen LogP contribution is 2.42. The molecular weight excluding hydrogens is 172 g/mol. The summed E-state index contributed by atoms with van der Waals surface area (Å²) in [6.45, 7) is 3.51. The highest BCUT2D eigenvalue weighted by molar-refractivity contribution is 4.87. The number of hydrogen-bond acceptors (Lipinski definition) is 2. The molecule has 2 atom stereocenters. The molecule has 2 nitrogen and oxygen atoms in total. The van der Waals surface area contributed by atoms with Crippen LogP contribution in [-0.4, -0.2) is 31.6 Å². The monoisotopic (exact) mass is 196 g/mol. The van der Waals surface area contributed by atoms with E-state index in [1.54, 1.807) is 0 Å². The van der Waals surface area contributed by atoms with E-state index in [-0.39, 0.29) is 0 Å². The Kier molecular flexibility index (Phi) is 3.45. The lowest BCUT2D eigenvalue weighted by atomic mass is 9.83. The fourth-order valence-corrected chi connectivity index (χ4v) is 2.99. The summed E-state index contributed by atoms with van der Waals surface area (Å²) in [5.41, 5.74) is 5.92. The number of likely N-dealkylation sites (tertiary alicyclic amines) is 1. The van der Waals surface area contributed by atoms with Gasteiger partial charge in [0.25, 0.3) is 0 Å². The maximum Gasteiger partial charge on any atom is -0.00190 e. The molecule has 1 saturated carbocycles. The van der Waals surface area contributed by atoms with Gasteiger partial charge in [-0.15, -0.1) is 0 Å². The van der Waals surface area contributed by atoms with Crippen LogP contribution in [0.25, 0.3) is 0 Å². The second kappa shape index (κ2) is 4.63. The van der Waals surface area contributed by atoms with Crippen LogP contribution in [0, 0.1) is 17.8 Å². The summed E-state index contributed by atoms with van der Waals surface area (Å²) in [5.74, 6) is 2.77. The first-order valence-electron chi connectivity index (χ1n) is 6.20. The van der Waals surface area contributed by atoms with Crippen LogP contribution in [0.3, 0.4) is 0 Å². The van der Waals surface area contributed by atoms with Crippen LogP contribution >= 0.6 is 0 Å². The standard InChI is InChI=1S/C12H24N2/c1-14-7-2-3-10(6-8-14)12(9-13)11-4-5-11/h10-12H,2-9,13H2,1H3. The summed E-state index contributed by atoms with van der Waals surface area (Å²) < 4.78 is 0. The van der Waals surface area contributed by atoms with Crippen LogP contribution in [0.4, 0.5) is 0 Å². The Morgan fingerprint density at radius 1 is 1.14 bits per heavy atom. The van der Waals surface area contributed by atoms with E-state index < -0.39 is 0 Å². The van der Waals surface area contributed by atoms with E-state index in [4.69, 9.17) is 5.73 Å². The number of rotatable bonds is 3. The minimum absolute atomic E-state index is 0.849. The van der Waals surface area contributed by atoms with Crippen LogP contribution in [-0.2, 0) is 0 Å². The van der Waals surface area contributed by atoms with E-state index >= 15 is 0 Å². The molecule has 0 radical (unpaired) electrons. The van der Waals surface area contributed by atoms with Crippen molar-refractivity contribution in [2.24, 2.45) is 23.5 Å². The summed E-state index contributed by atoms with van der Waals surface area (Å²) in [7, 11) is 2.25. The van der Waals surface area contributed by atoms with Crippen molar-refractivity contribution in [1.29, 1.82) is 0 Å². The molecule has 0 aromatic heterocycles. The van der Waals surface area contributed by atoms with Gasteiger partial charge in [-0.05, 0) is 76.5 Å². The Bertz CT molecular complexity index is 177. The van der Waals surface area contributed by atoms with Crippen molar-refractivity contribution in [2.75, 3.05) is 26.7 Å². The summed E-state index contributed by atoms with van der Waals surface area (Å²) in [5, 5.41) is 0. The lowest BCUT2D eigenvalue weighted by Crippen LogP contribution is -2.26. The molecule has 14 heavy (non-hydrogen) atoms. The van der Waals surface area contributed by atoms with Crippen molar-refractivity contribution < 1.29 is 0 Å². The van der Waals surface area contributed by atoms with Gasteiger partial charge in [-0.2, -0.15) is 0 Å². The topological polar surface area (TPSA) is 29.3 Å². The summed E-state index contributed by atoms with van der Waals surface area (Å²) in [6.07, 6.45) is 7.09. The lowest BCUT2D eigenvalue weighted by molar-refractivity contribution is 0.267. The molecule has 0 spiro atoms. The van der Waals surface area contributed by atoms with Crippen molar-refractivity contribution in [3.63, 3.8) is 0 Å². The van der Waals surface area contributed by atoms with Gasteiger partial charge in [0.05, 0.1) is 0 Å². The molecule has 0 aromatic carbocycles. The molecule has 1 heterocycles. The van der Waals surface area contributed by atoms with E-state index in [1.165, 1.54) is 45.2 Å². The Labute approximate surface area is 87.8 Å². The van der Waals surface area contributed by atoms with Crippen LogP contribution in [0.15, 0.2) is 0 Å². The summed E-state index contributed by atoms with van der Waals surface area (Å²) in [6, 6.07) is 0. The maximum absolute atomic E-state index is 5.92. The predicted octanol–water partition coefficient (Wildman–Crippen LogP) is 1.70. The molecule has 1 aliphatic carbocycles. The zero-order chi connectivity index (χ0) is 9.97. The van der Waals surface area contributed by atoms with Gasteiger partial charge in [0.2, 0.25) is 0 Å². The molecule has 2 heteroatoms. The third-order valence-corrected chi connectivity index (χ3v) is 4.10. The van der Waals surface area contributed by atoms with Crippen molar-refractivity contribution in [3.8, 4) is 0 Å². The SMILES string of the molecule is CN1CCCC(C(CN)C2CC2)CC1. The van der Waals surface area contributed by atoms with E-state index in [0.29, 0.717) is 0 Å². The van der Waals surface area contributed by atoms with Crippen molar-refractivity contribution >= 4 is 0 Å². The van der Waals surface area contributed by atoms with Crippen molar-refractivity contribution in [3.05, 3.63) is 0 Å². The lowest BCUT2D eigenvalue weighted by Gasteiger charge is -2.24. The minimum atomic E-state index is 0.849. The van der Waals surface area contributed by atoms with Crippen LogP contribution in [0.5, 0.6) is 0 Å². The fourth-order valence-electron chi connectivity index (χ4n) is 2.99. The summed E-state index contributed by atoms with van der Waals surface area (Å²) >= 11 is 0. The Hall–Kier alpha value is -0.0800. The zero-order valence-electron chi connectivity index (χ0n) is 9.41. The minimum Gasteiger partial charge on any atom is -0.330 e. The van der Waals surface area contributed by atoms with Gasteiger partial charge in [0.1, 0.15) is 0 Å². The zero-order valence-corrected chi connectivity index (χ0v) is 9.41. The Balaban J connectivity index is 1.87. The maximum atomic E-state index is 5.92. The van der Waals surface area contributed by atoms with Gasteiger partial charge >= 0.3 is 0 Å². The van der Waals surface area contributed by atoms with Gasteiger partial charge in [-0.3, -0.25) is 0 Å². The van der Waals surface area contributed by atoms with Gasteiger partial charge in [-0.25, -0.2) is 0 Å². The van der Waals surface area contributed by atoms with Gasteiger partial charge < -0.3 is 10.6 Å². The smallest absolute Gasteiger partial charge is 0.00190 e. The first kappa shape index (κ1) is 10.4. The van der Waals surface area contributed by atoms with Gasteiger partial charge in [0.15, 0.2) is 0 Å². The predicted molar refractivity (Wildman–Crippen MR) is 60.1 cm³/mol. The third kappa shape index (κ3) is 2.48. The van der Waals surface area contributed by atoms with E-state index in [2.05, 4.69) is 11.9 Å². The quantitative estimate of drug-likeness (QED) is 0.744. The second-order valence-electron chi connectivity index (χ2n) is 5.23. The number of nitrogens with zero attached hydrogens (tertiary/aromatic N) is 1. The average molecular weight is 196 g/mol. The average Bonchev–Trinajstić information content (AvgIpc) is 2.97. The van der Waals surface area contributed by atoms with Crippen molar-refractivity contribution in [2.45, 2.75) is 32.1 Å². The third-order valence-electron chi connectivity index (χ3n) is 4.10. The second-order valence-corrected chi connectivity index (χ2v) is 5.23. The molecule has 0 amide bonds. The van der Waals surface area contributed by atoms with E-state index in [1.807, 2.05) is 0 Å². The Morgan fingerprint density at radius 2 is 1.86 bits per heavy atom. The molecule has 0 bridgehead atoms. The summed E-state index contributed by atoms with van der Waals surface area (Å²) in [4.78, 5) is 2.47. The van der Waals surface area contributed by atoms with Crippen LogP contribution < -0.4 is 5.73 Å². The first-order chi connectivity index (χ1) is 6.81. The van der Waals surface area contributed by atoms with E-state index in [0.717, 1.165) is 24.3 Å². The highest BCUT2D eigenvalue weighted by Gasteiger charge is 2.35. The molecule has 0 aromatic rings. The molecule has 1 aliphatic heterocycles. The van der Waals surface area contributed by atoms with Crippen LogP contribution in [0.1, 0.15) is 32.1 Å². The molecule has 82 valence electrons. The van der Waals surface area contributed by atoms with E-state index in [9.17, 15) is 0 Å². The fraction of sp³-hybridized carbons (Fsp3) is 1.00. The molecular formula is C12H24N2. The largest absolute Gasteiger partial charge is 0.330 e. The Morgan fingerprint density at radius 3 is 2.50 bits per heavy atom. The number of hydrogen-bond donors (Lipinski definition) is 1. The normalized spacial score (nSPS) is 32.6. The van der Waals surface area contributed by atoms with Crippen LogP contribution in [0.2, 0.25) is 0 Å². The van der Waals surface area contributed by atoms with Gasteiger partial charge in [0, 0.05) is 0 Å². The molecule has 2 rings (SSSR count). The molecule has 2 unspecified atom stereocenters. The van der Waals surface area contributed by atoms with Gasteiger partial charge in [-0.1, -0.05) is 0 Å². The molecule has 1 saturated heterocycles. The molecule has 2 aliphatic rings.